The average molecular weight is 237 g/mol. The van der Waals surface area contributed by atoms with Gasteiger partial charge in [-0.15, -0.1) is 0 Å². The number of nitrogens with two attached hydrogens (primary N) is 1. The van der Waals surface area contributed by atoms with Crippen LogP contribution in [0.3, 0.4) is 0 Å². The van der Waals surface area contributed by atoms with Crippen LogP contribution in [0.15, 0.2) is 22.8 Å². The summed E-state index contributed by atoms with van der Waals surface area (Å²) in [5.41, 5.74) is 5.92. The Hall–Kier alpha value is -0.840. The summed E-state index contributed by atoms with van der Waals surface area (Å²) in [4.78, 5) is 4.75. The molecule has 1 aromatic heterocycles. The summed E-state index contributed by atoms with van der Waals surface area (Å²) in [7, 11) is 4.25. The number of hydrogen-bond acceptors (Lipinski definition) is 4. The summed E-state index contributed by atoms with van der Waals surface area (Å²) < 4.78 is 5.52. The topological polar surface area (TPSA) is 45.6 Å². The maximum Gasteiger partial charge on any atom is 0.122 e. The van der Waals surface area contributed by atoms with E-state index in [1.54, 1.807) is 6.26 Å². The molecular weight excluding hydrogens is 214 g/mol. The van der Waals surface area contributed by atoms with E-state index < -0.39 is 0 Å². The molecule has 0 radical (unpaired) electrons. The normalized spacial score (nSPS) is 23.4. The highest BCUT2D eigenvalue weighted by Gasteiger charge is 2.32. The smallest absolute Gasteiger partial charge is 0.122 e. The molecule has 2 rings (SSSR count). The summed E-state index contributed by atoms with van der Waals surface area (Å²) in [6.07, 6.45) is 4.25. The third kappa shape index (κ3) is 2.89. The Balaban J connectivity index is 2.08. The van der Waals surface area contributed by atoms with Gasteiger partial charge in [-0.1, -0.05) is 0 Å². The van der Waals surface area contributed by atoms with E-state index in [0.29, 0.717) is 12.6 Å². The second kappa shape index (κ2) is 5.67. The number of likely N-dealkylation sites (N-methyl/N-ethyl adjacent to an activating group) is 1. The highest BCUT2D eigenvalue weighted by molar-refractivity contribution is 5.07. The molecule has 0 amide bonds. The summed E-state index contributed by atoms with van der Waals surface area (Å²) in [5.74, 6) is 0.998. The molecule has 96 valence electrons. The Morgan fingerprint density at radius 2 is 2.41 bits per heavy atom. The fourth-order valence-electron chi connectivity index (χ4n) is 2.78. The lowest BCUT2D eigenvalue weighted by Crippen LogP contribution is -2.42. The fraction of sp³-hybridized carbons (Fsp3) is 0.692. The van der Waals surface area contributed by atoms with Crippen molar-refractivity contribution in [1.82, 2.24) is 9.80 Å². The molecule has 17 heavy (non-hydrogen) atoms. The number of furan rings is 1. The molecule has 2 unspecified atom stereocenters. The summed E-state index contributed by atoms with van der Waals surface area (Å²) in [5, 5.41) is 0. The van der Waals surface area contributed by atoms with Crippen molar-refractivity contribution >= 4 is 0 Å². The number of hydrogen-bond donors (Lipinski definition) is 1. The van der Waals surface area contributed by atoms with Gasteiger partial charge in [0.1, 0.15) is 5.76 Å². The molecule has 0 spiro atoms. The van der Waals surface area contributed by atoms with E-state index in [0.717, 1.165) is 18.8 Å². The molecule has 4 nitrogen and oxygen atoms in total. The van der Waals surface area contributed by atoms with Crippen molar-refractivity contribution in [3.63, 3.8) is 0 Å². The molecule has 0 aliphatic carbocycles. The molecular formula is C13H23N3O. The van der Waals surface area contributed by atoms with Crippen LogP contribution in [0.25, 0.3) is 0 Å². The van der Waals surface area contributed by atoms with Gasteiger partial charge in [-0.2, -0.15) is 0 Å². The van der Waals surface area contributed by atoms with Crippen LogP contribution in [-0.4, -0.2) is 49.6 Å². The van der Waals surface area contributed by atoms with Gasteiger partial charge in [-0.05, 0) is 45.6 Å². The summed E-state index contributed by atoms with van der Waals surface area (Å²) in [6, 6.07) is 4.80. The minimum absolute atomic E-state index is 0.234. The minimum atomic E-state index is 0.234. The van der Waals surface area contributed by atoms with Crippen LogP contribution in [-0.2, 0) is 0 Å². The maximum atomic E-state index is 5.92. The van der Waals surface area contributed by atoms with Crippen LogP contribution < -0.4 is 5.73 Å². The first kappa shape index (κ1) is 12.6. The molecule has 2 atom stereocenters. The van der Waals surface area contributed by atoms with Gasteiger partial charge < -0.3 is 15.1 Å². The van der Waals surface area contributed by atoms with Crippen LogP contribution in [0, 0.1) is 0 Å². The number of rotatable bonds is 5. The highest BCUT2D eigenvalue weighted by Crippen LogP contribution is 2.29. The molecule has 1 saturated heterocycles. The molecule has 0 bridgehead atoms. The highest BCUT2D eigenvalue weighted by atomic mass is 16.3. The van der Waals surface area contributed by atoms with Gasteiger partial charge >= 0.3 is 0 Å². The Kier molecular flexibility index (Phi) is 4.20. The fourth-order valence-corrected chi connectivity index (χ4v) is 2.78. The molecule has 4 heteroatoms. The predicted octanol–water partition coefficient (Wildman–Crippen LogP) is 1.31. The molecule has 1 aromatic rings. The van der Waals surface area contributed by atoms with Crippen molar-refractivity contribution < 1.29 is 4.42 Å². The van der Waals surface area contributed by atoms with Crippen LogP contribution in [0.2, 0.25) is 0 Å². The summed E-state index contributed by atoms with van der Waals surface area (Å²) in [6.45, 7) is 2.84. The van der Waals surface area contributed by atoms with Crippen molar-refractivity contribution in [1.29, 1.82) is 0 Å². The van der Waals surface area contributed by atoms with Crippen molar-refractivity contribution in [2.75, 3.05) is 33.7 Å². The largest absolute Gasteiger partial charge is 0.468 e. The third-order valence-electron chi connectivity index (χ3n) is 3.49. The summed E-state index contributed by atoms with van der Waals surface area (Å²) >= 11 is 0. The van der Waals surface area contributed by atoms with E-state index in [9.17, 15) is 0 Å². The minimum Gasteiger partial charge on any atom is -0.468 e. The van der Waals surface area contributed by atoms with Gasteiger partial charge in [-0.3, -0.25) is 4.90 Å². The van der Waals surface area contributed by atoms with Gasteiger partial charge in [-0.25, -0.2) is 0 Å². The molecule has 1 fully saturated rings. The second-order valence-electron chi connectivity index (χ2n) is 5.06. The molecule has 0 saturated carbocycles. The van der Waals surface area contributed by atoms with Crippen molar-refractivity contribution in [2.45, 2.75) is 24.9 Å². The van der Waals surface area contributed by atoms with Crippen molar-refractivity contribution in [3.8, 4) is 0 Å². The van der Waals surface area contributed by atoms with Gasteiger partial charge in [0.2, 0.25) is 0 Å². The van der Waals surface area contributed by atoms with Crippen LogP contribution in [0.1, 0.15) is 24.6 Å². The molecule has 2 N–H and O–H groups in total. The number of likely N-dealkylation sites (tertiary alicyclic amines) is 1. The van der Waals surface area contributed by atoms with Gasteiger partial charge in [0.05, 0.1) is 12.3 Å². The first-order valence-corrected chi connectivity index (χ1v) is 6.36. The molecule has 1 aliphatic rings. The average Bonchev–Trinajstić information content (AvgIpc) is 2.91. The van der Waals surface area contributed by atoms with E-state index in [-0.39, 0.29) is 6.04 Å². The second-order valence-corrected chi connectivity index (χ2v) is 5.06. The van der Waals surface area contributed by atoms with Crippen molar-refractivity contribution in [3.05, 3.63) is 24.2 Å². The Bertz CT molecular complexity index is 323. The maximum absolute atomic E-state index is 5.92. The standard InChI is InChI=1S/C13H23N3O/c1-15(2)10-11-5-3-7-16(11)12(9-14)13-6-4-8-17-13/h4,6,8,11-12H,3,5,7,9-10,14H2,1-2H3. The molecule has 0 aromatic carbocycles. The molecule has 2 heterocycles. The van der Waals surface area contributed by atoms with Gasteiger partial charge in [0.25, 0.3) is 0 Å². The lowest BCUT2D eigenvalue weighted by Gasteiger charge is -2.32. The van der Waals surface area contributed by atoms with E-state index in [1.807, 2.05) is 12.1 Å². The van der Waals surface area contributed by atoms with E-state index in [1.165, 1.54) is 12.8 Å². The van der Waals surface area contributed by atoms with Gasteiger partial charge in [0, 0.05) is 19.1 Å². The zero-order chi connectivity index (χ0) is 12.3. The molecule has 1 aliphatic heterocycles. The van der Waals surface area contributed by atoms with Crippen LogP contribution in [0.4, 0.5) is 0 Å². The monoisotopic (exact) mass is 237 g/mol. The zero-order valence-corrected chi connectivity index (χ0v) is 10.8. The number of nitrogens with zero attached hydrogens (tertiary/aromatic N) is 2. The van der Waals surface area contributed by atoms with E-state index in [2.05, 4.69) is 23.9 Å². The Morgan fingerprint density at radius 3 is 3.00 bits per heavy atom. The van der Waals surface area contributed by atoms with E-state index in [4.69, 9.17) is 10.2 Å². The first-order valence-electron chi connectivity index (χ1n) is 6.36. The Morgan fingerprint density at radius 1 is 1.59 bits per heavy atom. The van der Waals surface area contributed by atoms with Crippen molar-refractivity contribution in [2.24, 2.45) is 5.73 Å². The third-order valence-corrected chi connectivity index (χ3v) is 3.49. The Labute approximate surface area is 103 Å². The predicted molar refractivity (Wildman–Crippen MR) is 68.8 cm³/mol. The first-order chi connectivity index (χ1) is 8.22. The zero-order valence-electron chi connectivity index (χ0n) is 10.8. The lowest BCUT2D eigenvalue weighted by atomic mass is 10.1. The quantitative estimate of drug-likeness (QED) is 0.838. The van der Waals surface area contributed by atoms with Crippen LogP contribution in [0.5, 0.6) is 0 Å². The lowest BCUT2D eigenvalue weighted by molar-refractivity contribution is 0.140. The SMILES string of the molecule is CN(C)CC1CCCN1C(CN)c1ccco1. The van der Waals surface area contributed by atoms with E-state index >= 15 is 0 Å². The van der Waals surface area contributed by atoms with Gasteiger partial charge in [0.15, 0.2) is 0 Å². The van der Waals surface area contributed by atoms with Crippen LogP contribution >= 0.6 is 0 Å².